The molecule has 0 saturated carbocycles. The van der Waals surface area contributed by atoms with Gasteiger partial charge in [0.2, 0.25) is 0 Å². The molecule has 9 heteroatoms. The summed E-state index contributed by atoms with van der Waals surface area (Å²) in [4.78, 5) is 33.1. The number of allylic oxidation sites excluding steroid dienone is 1. The van der Waals surface area contributed by atoms with Crippen LogP contribution in [0.3, 0.4) is 0 Å². The number of thiazole rings is 1. The van der Waals surface area contributed by atoms with Crippen molar-refractivity contribution >= 4 is 40.3 Å². The molecule has 4 aromatic rings. The van der Waals surface area contributed by atoms with E-state index in [0.29, 0.717) is 26.3 Å². The smallest absolute Gasteiger partial charge is 0.271 e. The summed E-state index contributed by atoms with van der Waals surface area (Å²) in [5, 5.41) is 9.19. The number of aryl methyl sites for hydroxylation is 1. The van der Waals surface area contributed by atoms with Crippen molar-refractivity contribution in [2.75, 3.05) is 5.32 Å². The Morgan fingerprint density at radius 1 is 1.21 bits per heavy atom. The summed E-state index contributed by atoms with van der Waals surface area (Å²) in [5.74, 6) is -0.264. The second kappa shape index (κ2) is 8.76. The third-order valence-electron chi connectivity index (χ3n) is 5.39. The van der Waals surface area contributed by atoms with E-state index >= 15 is 0 Å². The molecule has 33 heavy (non-hydrogen) atoms. The zero-order valence-corrected chi connectivity index (χ0v) is 19.7. The number of rotatable bonds is 5. The number of nitrogens with zero attached hydrogens (tertiary/aromatic N) is 4. The molecule has 0 unspecified atom stereocenters. The van der Waals surface area contributed by atoms with Crippen molar-refractivity contribution in [3.05, 3.63) is 102 Å². The van der Waals surface area contributed by atoms with Crippen molar-refractivity contribution in [2.45, 2.75) is 26.4 Å². The molecular formula is C24H21N5O2S2. The van der Waals surface area contributed by atoms with E-state index in [1.807, 2.05) is 78.6 Å². The fourth-order valence-electron chi connectivity index (χ4n) is 3.83. The Labute approximate surface area is 197 Å². The van der Waals surface area contributed by atoms with Crippen LogP contribution in [0.2, 0.25) is 0 Å². The van der Waals surface area contributed by atoms with Crippen LogP contribution in [0.1, 0.15) is 30.3 Å². The third kappa shape index (κ3) is 4.01. The summed E-state index contributed by atoms with van der Waals surface area (Å²) >= 11 is 2.84. The topological polar surface area (TPSA) is 81.3 Å². The molecule has 7 nitrogen and oxygen atoms in total. The minimum Gasteiger partial charge on any atom is -0.322 e. The van der Waals surface area contributed by atoms with Gasteiger partial charge >= 0.3 is 0 Å². The first-order chi connectivity index (χ1) is 16.0. The second-order valence-corrected chi connectivity index (χ2v) is 9.54. The number of carbonyl (C=O) groups is 1. The van der Waals surface area contributed by atoms with Crippen LogP contribution in [0.5, 0.6) is 0 Å². The zero-order valence-electron chi connectivity index (χ0n) is 18.1. The average molecular weight is 476 g/mol. The van der Waals surface area contributed by atoms with E-state index in [1.54, 1.807) is 10.8 Å². The van der Waals surface area contributed by atoms with Gasteiger partial charge in [-0.05, 0) is 43.5 Å². The van der Waals surface area contributed by atoms with Gasteiger partial charge in [0.15, 0.2) is 4.80 Å². The number of fused-ring (bicyclic) bond motifs is 1. The van der Waals surface area contributed by atoms with Crippen LogP contribution in [0.15, 0.2) is 81.3 Å². The lowest BCUT2D eigenvalue weighted by Gasteiger charge is -2.24. The molecule has 0 saturated heterocycles. The summed E-state index contributed by atoms with van der Waals surface area (Å²) < 4.78 is 4.01. The summed E-state index contributed by atoms with van der Waals surface area (Å²) in [6, 6.07) is 12.6. The lowest BCUT2D eigenvalue weighted by atomic mass is 10.0. The Morgan fingerprint density at radius 2 is 2.03 bits per heavy atom. The zero-order chi connectivity index (χ0) is 22.9. The summed E-state index contributed by atoms with van der Waals surface area (Å²) in [7, 11) is 0. The molecule has 0 spiro atoms. The number of hydrogen-bond acceptors (Lipinski definition) is 6. The molecule has 1 N–H and O–H groups in total. The molecule has 166 valence electrons. The highest BCUT2D eigenvalue weighted by molar-refractivity contribution is 7.10. The van der Waals surface area contributed by atoms with E-state index < -0.39 is 6.04 Å². The van der Waals surface area contributed by atoms with Crippen LogP contribution >= 0.6 is 22.7 Å². The van der Waals surface area contributed by atoms with Gasteiger partial charge < -0.3 is 5.32 Å². The van der Waals surface area contributed by atoms with Gasteiger partial charge in [-0.3, -0.25) is 18.8 Å². The van der Waals surface area contributed by atoms with Crippen molar-refractivity contribution in [1.29, 1.82) is 0 Å². The van der Waals surface area contributed by atoms with E-state index in [9.17, 15) is 9.59 Å². The van der Waals surface area contributed by atoms with Gasteiger partial charge in [-0.25, -0.2) is 4.99 Å². The first-order valence-corrected chi connectivity index (χ1v) is 12.2. The number of carbonyl (C=O) groups excluding carboxylic acids is 1. The molecular weight excluding hydrogens is 454 g/mol. The van der Waals surface area contributed by atoms with Crippen LogP contribution in [0, 0.1) is 0 Å². The lowest BCUT2D eigenvalue weighted by Crippen LogP contribution is -2.40. The van der Waals surface area contributed by atoms with Crippen molar-refractivity contribution in [1.82, 2.24) is 14.3 Å². The average Bonchev–Trinajstić information content (AvgIpc) is 3.55. The molecule has 0 bridgehead atoms. The fourth-order valence-corrected chi connectivity index (χ4v) is 5.70. The number of benzene rings is 1. The molecule has 0 fully saturated rings. The first-order valence-electron chi connectivity index (χ1n) is 10.5. The largest absolute Gasteiger partial charge is 0.322 e. The van der Waals surface area contributed by atoms with E-state index in [-0.39, 0.29) is 11.5 Å². The third-order valence-corrected chi connectivity index (χ3v) is 7.29. The van der Waals surface area contributed by atoms with E-state index in [1.165, 1.54) is 22.7 Å². The number of thiophene rings is 1. The lowest BCUT2D eigenvalue weighted by molar-refractivity contribution is -0.113. The Morgan fingerprint density at radius 3 is 2.73 bits per heavy atom. The summed E-state index contributed by atoms with van der Waals surface area (Å²) in [6.07, 6.45) is 5.47. The predicted octanol–water partition coefficient (Wildman–Crippen LogP) is 3.15. The van der Waals surface area contributed by atoms with Crippen LogP contribution < -0.4 is 20.2 Å². The van der Waals surface area contributed by atoms with Crippen LogP contribution in [-0.2, 0) is 11.3 Å². The maximum Gasteiger partial charge on any atom is 0.271 e. The number of amides is 1. The number of aromatic nitrogens is 3. The summed E-state index contributed by atoms with van der Waals surface area (Å²) in [6.45, 7) is 4.59. The number of para-hydroxylation sites is 1. The van der Waals surface area contributed by atoms with E-state index in [4.69, 9.17) is 0 Å². The molecule has 1 aliphatic heterocycles. The van der Waals surface area contributed by atoms with Gasteiger partial charge in [-0.15, -0.1) is 11.3 Å². The van der Waals surface area contributed by atoms with E-state index in [0.717, 1.165) is 17.0 Å². The van der Waals surface area contributed by atoms with Crippen molar-refractivity contribution < 1.29 is 4.79 Å². The highest BCUT2D eigenvalue weighted by Gasteiger charge is 2.33. The number of hydrogen-bond donors (Lipinski definition) is 1. The van der Waals surface area contributed by atoms with E-state index in [2.05, 4.69) is 15.4 Å². The molecule has 1 aliphatic rings. The van der Waals surface area contributed by atoms with Crippen molar-refractivity contribution in [3.8, 4) is 0 Å². The van der Waals surface area contributed by atoms with Crippen LogP contribution in [0.4, 0.5) is 5.69 Å². The van der Waals surface area contributed by atoms with Crippen LogP contribution in [-0.4, -0.2) is 20.3 Å². The minimum absolute atomic E-state index is 0.168. The second-order valence-electron chi connectivity index (χ2n) is 7.55. The Kier molecular flexibility index (Phi) is 5.65. The molecule has 1 aromatic carbocycles. The van der Waals surface area contributed by atoms with Crippen LogP contribution in [0.25, 0.3) is 6.08 Å². The van der Waals surface area contributed by atoms with Gasteiger partial charge in [0.05, 0.1) is 22.0 Å². The highest BCUT2D eigenvalue weighted by Crippen LogP contribution is 2.33. The quantitative estimate of drug-likeness (QED) is 0.482. The molecule has 0 aliphatic carbocycles. The molecule has 1 amide bonds. The standard InChI is InChI=1S/C24H21N5O2S2/c1-3-28-14-16(13-25-28)12-19-23(31)29-21(18-10-7-11-32-18)20(15(2)26-24(29)33-19)22(30)27-17-8-5-4-6-9-17/h4-14,21H,3H2,1-2H3,(H,27,30)/b19-12+/t21-/m0/s1. The molecule has 5 rings (SSSR count). The van der Waals surface area contributed by atoms with Gasteiger partial charge in [0.1, 0.15) is 6.04 Å². The van der Waals surface area contributed by atoms with Gasteiger partial charge in [0.25, 0.3) is 11.5 Å². The molecule has 1 atom stereocenters. The fraction of sp³-hybridized carbons (Fsp3) is 0.167. The molecule has 4 heterocycles. The monoisotopic (exact) mass is 475 g/mol. The molecule has 0 radical (unpaired) electrons. The molecule has 3 aromatic heterocycles. The number of anilines is 1. The van der Waals surface area contributed by atoms with Crippen molar-refractivity contribution in [3.63, 3.8) is 0 Å². The van der Waals surface area contributed by atoms with Crippen molar-refractivity contribution in [2.24, 2.45) is 4.99 Å². The Bertz CT molecular complexity index is 1530. The normalized spacial score (nSPS) is 15.9. The van der Waals surface area contributed by atoms with Gasteiger partial charge in [-0.2, -0.15) is 5.10 Å². The van der Waals surface area contributed by atoms with Gasteiger partial charge in [0, 0.05) is 28.9 Å². The minimum atomic E-state index is -0.537. The maximum absolute atomic E-state index is 13.5. The first kappa shape index (κ1) is 21.3. The summed E-state index contributed by atoms with van der Waals surface area (Å²) in [5.41, 5.74) is 2.46. The Balaban J connectivity index is 1.64. The van der Waals surface area contributed by atoms with Gasteiger partial charge in [-0.1, -0.05) is 35.6 Å². The highest BCUT2D eigenvalue weighted by atomic mass is 32.1. The Hall–Kier alpha value is -3.56. The number of nitrogens with one attached hydrogen (secondary N) is 1. The SMILES string of the molecule is CCn1cc(/C=c2/sc3n(c2=O)[C@@H](c2cccs2)C(C(=O)Nc2ccccc2)=C(C)N=3)cn1. The predicted molar refractivity (Wildman–Crippen MR) is 131 cm³/mol. The maximum atomic E-state index is 13.5.